The van der Waals surface area contributed by atoms with E-state index in [1.54, 1.807) is 6.07 Å². The Kier molecular flexibility index (Phi) is 11.5. The molecule has 0 atom stereocenters. The number of ether oxygens (including phenoxy) is 1. The number of hydrogen-bond donors (Lipinski definition) is 2. The highest BCUT2D eigenvalue weighted by molar-refractivity contribution is 6.06. The summed E-state index contributed by atoms with van der Waals surface area (Å²) in [5.41, 5.74) is 11.7. The number of unbranched alkanes of at least 4 members (excludes halogenated alkanes) is 9. The molecule has 0 bridgehead atoms. The molecule has 4 rings (SSSR count). The number of aromatic hydroxyl groups is 1. The van der Waals surface area contributed by atoms with Crippen LogP contribution in [0.2, 0.25) is 0 Å². The maximum Gasteiger partial charge on any atom is 0.156 e. The summed E-state index contributed by atoms with van der Waals surface area (Å²) in [6.45, 7) is 11.3. The fourth-order valence-electron chi connectivity index (χ4n) is 5.58. The number of hydrazine groups is 1. The first-order chi connectivity index (χ1) is 20.4. The number of nitrogens with zero attached hydrogens (tertiary/aromatic N) is 2. The second-order valence-electron chi connectivity index (χ2n) is 11.8. The molecule has 3 aromatic rings. The van der Waals surface area contributed by atoms with Gasteiger partial charge in [-0.25, -0.2) is 4.99 Å². The predicted molar refractivity (Wildman–Crippen MR) is 177 cm³/mol. The maximum atomic E-state index is 11.1. The Morgan fingerprint density at radius 2 is 1.33 bits per heavy atom. The van der Waals surface area contributed by atoms with Gasteiger partial charge in [0, 0.05) is 11.6 Å². The third kappa shape index (κ3) is 8.64. The summed E-state index contributed by atoms with van der Waals surface area (Å²) < 4.78 is 5.99. The topological polar surface area (TPSA) is 57.1 Å². The van der Waals surface area contributed by atoms with Gasteiger partial charge in [-0.2, -0.15) is 0 Å². The predicted octanol–water partition coefficient (Wildman–Crippen LogP) is 9.70. The smallest absolute Gasteiger partial charge is 0.156 e. The van der Waals surface area contributed by atoms with Gasteiger partial charge in [0.2, 0.25) is 0 Å². The van der Waals surface area contributed by atoms with Crippen molar-refractivity contribution in [3.8, 4) is 11.5 Å². The van der Waals surface area contributed by atoms with Gasteiger partial charge in [-0.15, -0.1) is 0 Å². The zero-order valence-corrected chi connectivity index (χ0v) is 26.3. The molecule has 0 saturated heterocycles. The quantitative estimate of drug-likeness (QED) is 0.180. The van der Waals surface area contributed by atoms with E-state index in [-0.39, 0.29) is 5.75 Å². The van der Waals surface area contributed by atoms with Crippen molar-refractivity contribution in [2.24, 2.45) is 4.99 Å². The van der Waals surface area contributed by atoms with E-state index in [9.17, 15) is 5.11 Å². The van der Waals surface area contributed by atoms with Gasteiger partial charge >= 0.3 is 0 Å². The van der Waals surface area contributed by atoms with E-state index < -0.39 is 0 Å². The molecule has 42 heavy (non-hydrogen) atoms. The van der Waals surface area contributed by atoms with Crippen molar-refractivity contribution in [2.75, 3.05) is 11.6 Å². The van der Waals surface area contributed by atoms with Gasteiger partial charge in [0.1, 0.15) is 11.5 Å². The van der Waals surface area contributed by atoms with Crippen LogP contribution in [0.1, 0.15) is 105 Å². The van der Waals surface area contributed by atoms with E-state index in [4.69, 9.17) is 9.73 Å². The minimum absolute atomic E-state index is 0.143. The molecule has 1 aliphatic heterocycles. The summed E-state index contributed by atoms with van der Waals surface area (Å²) in [6, 6.07) is 18.3. The number of benzene rings is 3. The molecule has 0 aromatic heterocycles. The van der Waals surface area contributed by atoms with E-state index in [1.165, 1.54) is 68.9 Å². The molecule has 5 nitrogen and oxygen atoms in total. The van der Waals surface area contributed by atoms with E-state index in [0.717, 1.165) is 34.5 Å². The number of phenolic OH excluding ortho intramolecular Hbond substituents is 1. The minimum Gasteiger partial charge on any atom is -0.507 e. The van der Waals surface area contributed by atoms with Gasteiger partial charge in [-0.3, -0.25) is 10.4 Å². The second-order valence-corrected chi connectivity index (χ2v) is 11.8. The molecule has 0 saturated carbocycles. The highest BCUT2D eigenvalue weighted by Gasteiger charge is 2.21. The summed E-state index contributed by atoms with van der Waals surface area (Å²) in [7, 11) is 0. The van der Waals surface area contributed by atoms with Gasteiger partial charge in [-0.1, -0.05) is 106 Å². The Morgan fingerprint density at radius 3 is 1.98 bits per heavy atom. The van der Waals surface area contributed by atoms with E-state index >= 15 is 0 Å². The van der Waals surface area contributed by atoms with Gasteiger partial charge in [0.15, 0.2) is 5.84 Å². The number of phenols is 1. The molecule has 0 fully saturated rings. The average Bonchev–Trinajstić information content (AvgIpc) is 2.95. The van der Waals surface area contributed by atoms with Crippen LogP contribution in [0.5, 0.6) is 11.5 Å². The van der Waals surface area contributed by atoms with E-state index in [0.29, 0.717) is 23.8 Å². The first kappa shape index (κ1) is 31.2. The van der Waals surface area contributed by atoms with Crippen molar-refractivity contribution in [2.45, 2.75) is 98.8 Å². The highest BCUT2D eigenvalue weighted by Crippen LogP contribution is 2.31. The monoisotopic (exact) mass is 567 g/mol. The lowest BCUT2D eigenvalue weighted by molar-refractivity contribution is 0.302. The molecule has 0 amide bonds. The molecule has 2 N–H and O–H groups in total. The van der Waals surface area contributed by atoms with Crippen LogP contribution in [-0.4, -0.2) is 17.5 Å². The first-order valence-electron chi connectivity index (χ1n) is 15.8. The van der Waals surface area contributed by atoms with Crippen molar-refractivity contribution in [1.82, 2.24) is 5.43 Å². The summed E-state index contributed by atoms with van der Waals surface area (Å²) in [4.78, 5) is 4.98. The van der Waals surface area contributed by atoms with Crippen molar-refractivity contribution < 1.29 is 9.84 Å². The molecular weight excluding hydrogens is 518 g/mol. The van der Waals surface area contributed by atoms with Crippen LogP contribution in [0.3, 0.4) is 0 Å². The number of aryl methyl sites for hydroxylation is 4. The number of nitrogens with one attached hydrogen (secondary N) is 1. The average molecular weight is 568 g/mol. The molecule has 0 aliphatic carbocycles. The van der Waals surface area contributed by atoms with Gasteiger partial charge in [0.05, 0.1) is 29.8 Å². The summed E-state index contributed by atoms with van der Waals surface area (Å²) in [5, 5.41) is 13.1. The Bertz CT molecular complexity index is 1390. The van der Waals surface area contributed by atoms with Crippen LogP contribution in [0.25, 0.3) is 5.70 Å². The lowest BCUT2D eigenvalue weighted by Crippen LogP contribution is -2.42. The Morgan fingerprint density at radius 1 is 0.714 bits per heavy atom. The second kappa shape index (κ2) is 15.5. The van der Waals surface area contributed by atoms with Gasteiger partial charge in [-0.05, 0) is 63.4 Å². The third-order valence-electron chi connectivity index (χ3n) is 7.97. The van der Waals surface area contributed by atoms with Gasteiger partial charge in [0.25, 0.3) is 0 Å². The third-order valence-corrected chi connectivity index (χ3v) is 7.97. The van der Waals surface area contributed by atoms with E-state index in [2.05, 4.69) is 76.4 Å². The molecule has 0 radical (unpaired) electrons. The number of rotatable bonds is 15. The zero-order valence-electron chi connectivity index (χ0n) is 26.3. The van der Waals surface area contributed by atoms with Gasteiger partial charge < -0.3 is 9.84 Å². The normalized spacial score (nSPS) is 13.0. The number of aliphatic imine (C=N–C) groups is 1. The van der Waals surface area contributed by atoms with Crippen molar-refractivity contribution in [3.05, 3.63) is 94.2 Å². The van der Waals surface area contributed by atoms with E-state index in [1.807, 2.05) is 23.3 Å². The molecule has 5 heteroatoms. The number of hydrogen-bond acceptors (Lipinski definition) is 5. The first-order valence-corrected chi connectivity index (χ1v) is 15.8. The lowest BCUT2D eigenvalue weighted by Gasteiger charge is -2.30. The number of anilines is 1. The number of amidine groups is 1. The summed E-state index contributed by atoms with van der Waals surface area (Å²) >= 11 is 0. The minimum atomic E-state index is 0.143. The van der Waals surface area contributed by atoms with Crippen LogP contribution in [0.15, 0.2) is 65.8 Å². The molecule has 0 unspecified atom stereocenters. The SMILES string of the molecule is CCCCCCCCCCCCOc1ccc(C2=NC(c3ccc(C)cc3C)=CN(c3ccc(C)cc3C)N2)c(O)c1. The Balaban J connectivity index is 1.42. The molecular formula is C37H49N3O2. The van der Waals surface area contributed by atoms with Crippen molar-refractivity contribution in [3.63, 3.8) is 0 Å². The largest absolute Gasteiger partial charge is 0.507 e. The Labute approximate surface area is 253 Å². The molecule has 3 aromatic carbocycles. The fraction of sp³-hybridized carbons (Fsp3) is 0.432. The molecule has 224 valence electrons. The van der Waals surface area contributed by atoms with Crippen LogP contribution >= 0.6 is 0 Å². The molecule has 1 aliphatic rings. The highest BCUT2D eigenvalue weighted by atomic mass is 16.5. The standard InChI is InChI=1S/C37H49N3O2/c1-6-7-8-9-10-11-12-13-14-15-22-42-31-18-20-33(36(41)25-31)37-38-34(32-19-16-27(2)23-29(32)4)26-40(39-37)35-21-17-28(3)24-30(35)5/h16-21,23-26,41H,6-15,22H2,1-5H3,(H,38,39). The summed E-state index contributed by atoms with van der Waals surface area (Å²) in [5.74, 6) is 1.41. The molecule has 0 spiro atoms. The fourth-order valence-corrected chi connectivity index (χ4v) is 5.58. The Hall–Kier alpha value is -3.73. The molecule has 1 heterocycles. The van der Waals surface area contributed by atoms with Crippen LogP contribution < -0.4 is 15.2 Å². The van der Waals surface area contributed by atoms with Crippen LogP contribution in [0.4, 0.5) is 5.69 Å². The lowest BCUT2D eigenvalue weighted by atomic mass is 10.0. The summed E-state index contributed by atoms with van der Waals surface area (Å²) in [6.07, 6.45) is 15.0. The van der Waals surface area contributed by atoms with Crippen LogP contribution in [-0.2, 0) is 0 Å². The van der Waals surface area contributed by atoms with Crippen molar-refractivity contribution in [1.29, 1.82) is 0 Å². The maximum absolute atomic E-state index is 11.1. The zero-order chi connectivity index (χ0) is 29.9. The van der Waals surface area contributed by atoms with Crippen molar-refractivity contribution >= 4 is 17.2 Å². The van der Waals surface area contributed by atoms with Crippen LogP contribution in [0, 0.1) is 27.7 Å².